The molecule has 1 aliphatic heterocycles. The summed E-state index contributed by atoms with van der Waals surface area (Å²) in [5.41, 5.74) is 1.24. The number of para-hydroxylation sites is 1. The quantitative estimate of drug-likeness (QED) is 0.284. The van der Waals surface area contributed by atoms with E-state index in [1.54, 1.807) is 7.05 Å². The van der Waals surface area contributed by atoms with E-state index in [-0.39, 0.29) is 36.2 Å². The average molecular weight is 574 g/mol. The van der Waals surface area contributed by atoms with Crippen molar-refractivity contribution in [2.45, 2.75) is 25.6 Å². The van der Waals surface area contributed by atoms with E-state index < -0.39 is 0 Å². The number of rotatable bonds is 7. The third-order valence-electron chi connectivity index (χ3n) is 4.82. The third kappa shape index (κ3) is 7.15. The van der Waals surface area contributed by atoms with Crippen LogP contribution < -0.4 is 15.4 Å². The van der Waals surface area contributed by atoms with Crippen LogP contribution in [0.3, 0.4) is 0 Å². The van der Waals surface area contributed by atoms with Gasteiger partial charge in [-0.05, 0) is 47.0 Å². The molecule has 29 heavy (non-hydrogen) atoms. The van der Waals surface area contributed by atoms with Gasteiger partial charge in [-0.2, -0.15) is 0 Å². The number of aliphatic imine (C=N–C) groups is 1. The van der Waals surface area contributed by atoms with Gasteiger partial charge in [0.1, 0.15) is 11.9 Å². The molecule has 0 amide bonds. The van der Waals surface area contributed by atoms with Crippen LogP contribution in [0.2, 0.25) is 0 Å². The number of hydrogen-bond donors (Lipinski definition) is 2. The minimum atomic E-state index is 0. The molecule has 1 aliphatic rings. The summed E-state index contributed by atoms with van der Waals surface area (Å²) < 4.78 is 12.9. The van der Waals surface area contributed by atoms with Crippen molar-refractivity contribution in [2.75, 3.05) is 26.7 Å². The van der Waals surface area contributed by atoms with Crippen molar-refractivity contribution in [1.82, 2.24) is 10.6 Å². The lowest BCUT2D eigenvalue weighted by atomic mass is 9.95. The molecule has 0 radical (unpaired) electrons. The highest BCUT2D eigenvalue weighted by atomic mass is 127. The maximum atomic E-state index is 5.98. The van der Waals surface area contributed by atoms with Crippen molar-refractivity contribution in [1.29, 1.82) is 0 Å². The molecular formula is C22H29BrIN3O2. The Balaban J connectivity index is 0.00000300. The van der Waals surface area contributed by atoms with Crippen molar-refractivity contribution in [3.8, 4) is 5.75 Å². The first-order chi connectivity index (χ1) is 13.7. The van der Waals surface area contributed by atoms with Crippen LogP contribution >= 0.6 is 39.9 Å². The maximum Gasteiger partial charge on any atom is 0.191 e. The van der Waals surface area contributed by atoms with Gasteiger partial charge in [0.15, 0.2) is 5.96 Å². The maximum absolute atomic E-state index is 5.98. The Labute approximate surface area is 198 Å². The van der Waals surface area contributed by atoms with Crippen molar-refractivity contribution >= 4 is 45.9 Å². The second-order valence-corrected chi connectivity index (χ2v) is 7.80. The lowest BCUT2D eigenvalue weighted by Gasteiger charge is -2.22. The summed E-state index contributed by atoms with van der Waals surface area (Å²) in [4.78, 5) is 4.33. The zero-order chi connectivity index (χ0) is 19.8. The fraction of sp³-hybridized carbons (Fsp3) is 0.409. The van der Waals surface area contributed by atoms with E-state index in [1.807, 2.05) is 37.3 Å². The van der Waals surface area contributed by atoms with E-state index in [1.165, 1.54) is 5.56 Å². The summed E-state index contributed by atoms with van der Waals surface area (Å²) in [5, 5.41) is 6.78. The summed E-state index contributed by atoms with van der Waals surface area (Å²) in [5.74, 6) is 2.05. The summed E-state index contributed by atoms with van der Waals surface area (Å²) in [7, 11) is 1.79. The van der Waals surface area contributed by atoms with E-state index in [9.17, 15) is 0 Å². The Morgan fingerprint density at radius 1 is 1.17 bits per heavy atom. The smallest absolute Gasteiger partial charge is 0.191 e. The predicted octanol–water partition coefficient (Wildman–Crippen LogP) is 4.78. The minimum Gasteiger partial charge on any atom is -0.488 e. The highest BCUT2D eigenvalue weighted by Gasteiger charge is 2.29. The van der Waals surface area contributed by atoms with Crippen molar-refractivity contribution in [3.05, 3.63) is 64.6 Å². The highest BCUT2D eigenvalue weighted by Crippen LogP contribution is 2.33. The van der Waals surface area contributed by atoms with Crippen LogP contribution in [0.15, 0.2) is 64.1 Å². The summed E-state index contributed by atoms with van der Waals surface area (Å²) in [6.45, 7) is 4.31. The second kappa shape index (κ2) is 12.4. The molecule has 1 heterocycles. The van der Waals surface area contributed by atoms with Crippen LogP contribution in [0.1, 0.15) is 25.0 Å². The number of guanidine groups is 1. The fourth-order valence-corrected chi connectivity index (χ4v) is 3.72. The molecule has 2 N–H and O–H groups in total. The van der Waals surface area contributed by atoms with Crippen LogP contribution in [0.4, 0.5) is 0 Å². The second-order valence-electron chi connectivity index (χ2n) is 6.94. The number of benzene rings is 2. The van der Waals surface area contributed by atoms with Crippen LogP contribution in [0.5, 0.6) is 5.75 Å². The Hall–Kier alpha value is -1.32. The molecular weight excluding hydrogens is 545 g/mol. The van der Waals surface area contributed by atoms with E-state index in [4.69, 9.17) is 9.47 Å². The monoisotopic (exact) mass is 573 g/mol. The molecule has 0 aromatic heterocycles. The number of hydrogen-bond acceptors (Lipinski definition) is 3. The van der Waals surface area contributed by atoms with Gasteiger partial charge in [-0.1, -0.05) is 42.5 Å². The van der Waals surface area contributed by atoms with Gasteiger partial charge < -0.3 is 20.1 Å². The molecule has 1 fully saturated rings. The minimum absolute atomic E-state index is 0. The van der Waals surface area contributed by atoms with Crippen LogP contribution in [0.25, 0.3) is 0 Å². The predicted molar refractivity (Wildman–Crippen MR) is 132 cm³/mol. The zero-order valence-electron chi connectivity index (χ0n) is 16.8. The van der Waals surface area contributed by atoms with Crippen molar-refractivity contribution in [2.24, 2.45) is 10.9 Å². The van der Waals surface area contributed by atoms with E-state index >= 15 is 0 Å². The first kappa shape index (κ1) is 24.0. The lowest BCUT2D eigenvalue weighted by Crippen LogP contribution is -2.43. The summed E-state index contributed by atoms with van der Waals surface area (Å²) >= 11 is 3.51. The number of ether oxygens (including phenoxy) is 2. The van der Waals surface area contributed by atoms with Gasteiger partial charge in [-0.25, -0.2) is 0 Å². The first-order valence-corrected chi connectivity index (χ1v) is 10.5. The lowest BCUT2D eigenvalue weighted by molar-refractivity contribution is 0.0915. The Bertz CT molecular complexity index is 776. The molecule has 0 aliphatic carbocycles. The molecule has 3 atom stereocenters. The van der Waals surface area contributed by atoms with Crippen LogP contribution in [0, 0.1) is 5.92 Å². The summed E-state index contributed by atoms with van der Waals surface area (Å²) in [6, 6.07) is 18.3. The zero-order valence-corrected chi connectivity index (χ0v) is 20.7. The molecule has 3 unspecified atom stereocenters. The van der Waals surface area contributed by atoms with Crippen molar-refractivity contribution < 1.29 is 9.47 Å². The molecule has 2 aromatic carbocycles. The molecule has 158 valence electrons. The number of nitrogens with zero attached hydrogens (tertiary/aromatic N) is 1. The summed E-state index contributed by atoms with van der Waals surface area (Å²) in [6.07, 6.45) is 1.19. The van der Waals surface area contributed by atoms with E-state index in [2.05, 4.69) is 55.8 Å². The van der Waals surface area contributed by atoms with Gasteiger partial charge in [-0.15, -0.1) is 24.0 Å². The van der Waals surface area contributed by atoms with Crippen molar-refractivity contribution in [3.63, 3.8) is 0 Å². The fourth-order valence-electron chi connectivity index (χ4n) is 3.34. The van der Waals surface area contributed by atoms with E-state index in [0.29, 0.717) is 12.5 Å². The molecule has 3 rings (SSSR count). The van der Waals surface area contributed by atoms with Gasteiger partial charge in [0, 0.05) is 26.1 Å². The Kier molecular flexibility index (Phi) is 10.2. The highest BCUT2D eigenvalue weighted by molar-refractivity contribution is 14.0. The van der Waals surface area contributed by atoms with Crippen LogP contribution in [-0.2, 0) is 4.74 Å². The molecule has 2 aromatic rings. The largest absolute Gasteiger partial charge is 0.488 e. The van der Waals surface area contributed by atoms with E-state index in [0.717, 1.165) is 35.8 Å². The van der Waals surface area contributed by atoms with Gasteiger partial charge >= 0.3 is 0 Å². The molecule has 7 heteroatoms. The molecule has 5 nitrogen and oxygen atoms in total. The van der Waals surface area contributed by atoms with Gasteiger partial charge in [0.25, 0.3) is 0 Å². The third-order valence-corrected chi connectivity index (χ3v) is 5.47. The molecule has 0 saturated carbocycles. The van der Waals surface area contributed by atoms with Crippen LogP contribution in [-0.4, -0.2) is 38.8 Å². The first-order valence-electron chi connectivity index (χ1n) is 9.69. The van der Waals surface area contributed by atoms with Gasteiger partial charge in [0.05, 0.1) is 17.1 Å². The number of nitrogens with one attached hydrogen (secondary N) is 2. The van der Waals surface area contributed by atoms with Gasteiger partial charge in [-0.3, -0.25) is 4.99 Å². The topological polar surface area (TPSA) is 54.9 Å². The van der Waals surface area contributed by atoms with Gasteiger partial charge in [0.2, 0.25) is 0 Å². The SMILES string of the molecule is CN=C(NCC(C)Oc1ccccc1Br)NCC1CCOC1c1ccccc1.I. The number of halogens is 2. The Morgan fingerprint density at radius 2 is 1.90 bits per heavy atom. The average Bonchev–Trinajstić information content (AvgIpc) is 3.19. The normalized spacial score (nSPS) is 19.9. The molecule has 0 bridgehead atoms. The molecule has 0 spiro atoms. The standard InChI is InChI=1S/C22H28BrN3O2.HI/c1-16(28-20-11-7-6-10-19(20)23)14-25-22(24-2)26-15-18-12-13-27-21(18)17-8-4-3-5-9-17;/h3-11,16,18,21H,12-15H2,1-2H3,(H2,24,25,26);1H. The Morgan fingerprint density at radius 3 is 2.62 bits per heavy atom. The molecule has 1 saturated heterocycles.